The van der Waals surface area contributed by atoms with E-state index in [2.05, 4.69) is 6.58 Å². The highest BCUT2D eigenvalue weighted by Crippen LogP contribution is 2.24. The van der Waals surface area contributed by atoms with Gasteiger partial charge in [0, 0.05) is 5.92 Å². The van der Waals surface area contributed by atoms with Gasteiger partial charge in [-0.05, 0) is 17.7 Å². The largest absolute Gasteiger partial charge is 0.491 e. The average Bonchev–Trinajstić information content (AvgIpc) is 2.35. The topological polar surface area (TPSA) is 49.7 Å². The lowest BCUT2D eigenvalue weighted by molar-refractivity contribution is 0.139. The van der Waals surface area contributed by atoms with Gasteiger partial charge < -0.3 is 14.9 Å². The van der Waals surface area contributed by atoms with Crippen LogP contribution in [0.4, 0.5) is 0 Å². The van der Waals surface area contributed by atoms with E-state index < -0.39 is 6.10 Å². The number of hydrogen-bond acceptors (Lipinski definition) is 3. The van der Waals surface area contributed by atoms with Crippen LogP contribution in [0.5, 0.6) is 5.75 Å². The van der Waals surface area contributed by atoms with Crippen LogP contribution >= 0.6 is 0 Å². The second-order valence-electron chi connectivity index (χ2n) is 3.68. The normalized spacial score (nSPS) is 14.2. The van der Waals surface area contributed by atoms with Crippen LogP contribution in [0.3, 0.4) is 0 Å². The summed E-state index contributed by atoms with van der Waals surface area (Å²) in [7, 11) is 0. The number of ether oxygens (including phenoxy) is 1. The van der Waals surface area contributed by atoms with Crippen LogP contribution in [0.25, 0.3) is 0 Å². The van der Waals surface area contributed by atoms with Gasteiger partial charge in [0.1, 0.15) is 12.4 Å². The minimum atomic E-state index is -0.538. The van der Waals surface area contributed by atoms with Crippen molar-refractivity contribution in [3.63, 3.8) is 0 Å². The molecule has 0 heterocycles. The molecule has 0 radical (unpaired) electrons. The van der Waals surface area contributed by atoms with Crippen LogP contribution in [0.2, 0.25) is 0 Å². The van der Waals surface area contributed by atoms with Gasteiger partial charge in [0.2, 0.25) is 0 Å². The second kappa shape index (κ2) is 6.30. The summed E-state index contributed by atoms with van der Waals surface area (Å²) in [6.07, 6.45) is 1.19. The third-order valence-electron chi connectivity index (χ3n) is 2.45. The van der Waals surface area contributed by atoms with E-state index in [9.17, 15) is 5.11 Å². The minimum absolute atomic E-state index is 0.00211. The minimum Gasteiger partial charge on any atom is -0.491 e. The first-order valence-electron chi connectivity index (χ1n) is 5.33. The fourth-order valence-corrected chi connectivity index (χ4v) is 1.36. The highest BCUT2D eigenvalue weighted by atomic mass is 16.5. The number of benzene rings is 1. The van der Waals surface area contributed by atoms with Gasteiger partial charge in [-0.15, -0.1) is 6.58 Å². The van der Waals surface area contributed by atoms with Crippen molar-refractivity contribution in [1.29, 1.82) is 0 Å². The Morgan fingerprint density at radius 3 is 2.50 bits per heavy atom. The van der Waals surface area contributed by atoms with Gasteiger partial charge in [0.15, 0.2) is 0 Å². The Balaban J connectivity index is 2.66. The van der Waals surface area contributed by atoms with E-state index in [4.69, 9.17) is 9.84 Å². The van der Waals surface area contributed by atoms with Crippen molar-refractivity contribution >= 4 is 0 Å². The Bertz CT molecular complexity index is 318. The molecule has 0 saturated carbocycles. The molecule has 0 amide bonds. The Hall–Kier alpha value is -1.32. The molecule has 88 valence electrons. The zero-order chi connectivity index (χ0) is 12.0. The molecule has 3 heteroatoms. The van der Waals surface area contributed by atoms with Crippen molar-refractivity contribution in [2.75, 3.05) is 13.2 Å². The Labute approximate surface area is 96.0 Å². The fourth-order valence-electron chi connectivity index (χ4n) is 1.36. The van der Waals surface area contributed by atoms with Gasteiger partial charge in [-0.3, -0.25) is 0 Å². The summed E-state index contributed by atoms with van der Waals surface area (Å²) in [4.78, 5) is 0. The summed E-state index contributed by atoms with van der Waals surface area (Å²) in [5.41, 5.74) is 0.837. The van der Waals surface area contributed by atoms with Crippen LogP contribution in [0.1, 0.15) is 18.6 Å². The molecule has 16 heavy (non-hydrogen) atoms. The smallest absolute Gasteiger partial charge is 0.119 e. The molecule has 2 atom stereocenters. The molecule has 0 aliphatic carbocycles. The van der Waals surface area contributed by atoms with E-state index in [-0.39, 0.29) is 19.1 Å². The summed E-state index contributed by atoms with van der Waals surface area (Å²) in [6, 6.07) is 7.20. The van der Waals surface area contributed by atoms with Gasteiger partial charge in [0.05, 0.1) is 12.7 Å². The lowest BCUT2D eigenvalue weighted by Gasteiger charge is -2.15. The molecule has 0 aromatic heterocycles. The van der Waals surface area contributed by atoms with Crippen LogP contribution in [0, 0.1) is 5.92 Å². The summed E-state index contributed by atoms with van der Waals surface area (Å²) in [5, 5.41) is 18.5. The van der Waals surface area contributed by atoms with Crippen LogP contribution in [0.15, 0.2) is 36.9 Å². The molecule has 0 bridgehead atoms. The predicted molar refractivity (Wildman–Crippen MR) is 63.3 cm³/mol. The number of aliphatic hydroxyl groups excluding tert-OH is 2. The quantitative estimate of drug-likeness (QED) is 0.723. The molecule has 0 aliphatic rings. The van der Waals surface area contributed by atoms with E-state index in [1.807, 2.05) is 19.1 Å². The van der Waals surface area contributed by atoms with Crippen molar-refractivity contribution in [2.45, 2.75) is 13.0 Å². The number of hydrogen-bond donors (Lipinski definition) is 2. The lowest BCUT2D eigenvalue weighted by atomic mass is 9.98. The van der Waals surface area contributed by atoms with E-state index in [1.165, 1.54) is 0 Å². The molecule has 1 aromatic rings. The van der Waals surface area contributed by atoms with Gasteiger partial charge in [-0.2, -0.15) is 0 Å². The molecular weight excluding hydrogens is 204 g/mol. The molecule has 0 saturated heterocycles. The Kier molecular flexibility index (Phi) is 5.02. The van der Waals surface area contributed by atoms with Crippen molar-refractivity contribution in [2.24, 2.45) is 5.92 Å². The molecule has 2 N–H and O–H groups in total. The molecule has 0 aliphatic heterocycles. The third-order valence-corrected chi connectivity index (χ3v) is 2.45. The predicted octanol–water partition coefficient (Wildman–Crippen LogP) is 1.91. The van der Waals surface area contributed by atoms with Crippen LogP contribution < -0.4 is 4.74 Å². The summed E-state index contributed by atoms with van der Waals surface area (Å²) < 4.78 is 5.22. The monoisotopic (exact) mass is 222 g/mol. The summed E-state index contributed by atoms with van der Waals surface area (Å²) in [6.45, 7) is 5.84. The van der Waals surface area contributed by atoms with E-state index in [1.54, 1.807) is 18.2 Å². The molecule has 0 spiro atoms. The molecular formula is C13H18O3. The number of aliphatic hydroxyl groups is 2. The third kappa shape index (κ3) is 3.36. The Morgan fingerprint density at radius 2 is 2.00 bits per heavy atom. The first kappa shape index (κ1) is 12.7. The maximum atomic E-state index is 9.90. The van der Waals surface area contributed by atoms with E-state index in [0.717, 1.165) is 5.56 Å². The average molecular weight is 222 g/mol. The first-order valence-corrected chi connectivity index (χ1v) is 5.33. The molecule has 1 aromatic carbocycles. The van der Waals surface area contributed by atoms with Gasteiger partial charge in [0.25, 0.3) is 0 Å². The van der Waals surface area contributed by atoms with E-state index in [0.29, 0.717) is 5.75 Å². The van der Waals surface area contributed by atoms with Crippen molar-refractivity contribution in [3.05, 3.63) is 42.5 Å². The first-order chi connectivity index (χ1) is 7.69. The zero-order valence-corrected chi connectivity index (χ0v) is 9.47. The lowest BCUT2D eigenvalue weighted by Crippen LogP contribution is -2.06. The maximum Gasteiger partial charge on any atom is 0.119 e. The van der Waals surface area contributed by atoms with Crippen molar-refractivity contribution in [3.8, 4) is 5.75 Å². The van der Waals surface area contributed by atoms with Gasteiger partial charge in [-0.25, -0.2) is 0 Å². The van der Waals surface area contributed by atoms with Crippen molar-refractivity contribution in [1.82, 2.24) is 0 Å². The SMILES string of the molecule is C=C[C@@H](C)[C@H](O)c1ccc(OCCO)cc1. The second-order valence-corrected chi connectivity index (χ2v) is 3.68. The van der Waals surface area contributed by atoms with Crippen molar-refractivity contribution < 1.29 is 14.9 Å². The summed E-state index contributed by atoms with van der Waals surface area (Å²) >= 11 is 0. The standard InChI is InChI=1S/C13H18O3/c1-3-10(2)13(15)11-4-6-12(7-5-11)16-9-8-14/h3-7,10,13-15H,1,8-9H2,2H3/t10-,13+/m1/s1. The number of rotatable bonds is 6. The fraction of sp³-hybridized carbons (Fsp3) is 0.385. The van der Waals surface area contributed by atoms with Gasteiger partial charge >= 0.3 is 0 Å². The molecule has 0 unspecified atom stereocenters. The Morgan fingerprint density at radius 1 is 1.38 bits per heavy atom. The highest BCUT2D eigenvalue weighted by Gasteiger charge is 2.12. The molecule has 3 nitrogen and oxygen atoms in total. The highest BCUT2D eigenvalue weighted by molar-refractivity contribution is 5.29. The molecule has 0 fully saturated rings. The van der Waals surface area contributed by atoms with E-state index >= 15 is 0 Å². The zero-order valence-electron chi connectivity index (χ0n) is 9.47. The summed E-state index contributed by atoms with van der Waals surface area (Å²) in [5.74, 6) is 0.709. The maximum absolute atomic E-state index is 9.90. The van der Waals surface area contributed by atoms with Crippen LogP contribution in [-0.2, 0) is 0 Å². The van der Waals surface area contributed by atoms with Crippen LogP contribution in [-0.4, -0.2) is 23.4 Å². The molecule has 1 rings (SSSR count). The van der Waals surface area contributed by atoms with Gasteiger partial charge in [-0.1, -0.05) is 25.1 Å².